The molecule has 3 fully saturated rings. The summed E-state index contributed by atoms with van der Waals surface area (Å²) in [5.41, 5.74) is -0.485. The second kappa shape index (κ2) is 14.7. The van der Waals surface area contributed by atoms with Gasteiger partial charge in [0.05, 0.1) is 36.6 Å². The van der Waals surface area contributed by atoms with E-state index in [0.717, 1.165) is 18.4 Å². The molecule has 0 aromatic heterocycles. The maximum Gasteiger partial charge on any atom is 0.313 e. The highest BCUT2D eigenvalue weighted by Gasteiger charge is 2.75. The van der Waals surface area contributed by atoms with Gasteiger partial charge in [-0.05, 0) is 45.1 Å². The van der Waals surface area contributed by atoms with Gasteiger partial charge in [-0.15, -0.1) is 13.2 Å². The number of ether oxygens (including phenoxy) is 2. The number of carbonyl (C=O) groups excluding carboxylic acids is 4. The number of rotatable bonds is 16. The summed E-state index contributed by atoms with van der Waals surface area (Å²) in [6, 6.07) is 7.10. The van der Waals surface area contributed by atoms with Crippen molar-refractivity contribution in [3.05, 3.63) is 61.2 Å². The first-order valence-corrected chi connectivity index (χ1v) is 16.2. The molecule has 3 amide bonds. The van der Waals surface area contributed by atoms with Crippen LogP contribution in [0.2, 0.25) is 0 Å². The van der Waals surface area contributed by atoms with Gasteiger partial charge in [0.1, 0.15) is 17.7 Å². The maximum atomic E-state index is 14.3. The number of likely N-dealkylation sites (N-methyl/N-ethyl adjacent to an activating group) is 1. The molecule has 0 radical (unpaired) electrons. The van der Waals surface area contributed by atoms with Crippen LogP contribution < -0.4 is 0 Å². The Morgan fingerprint density at radius 3 is 2.53 bits per heavy atom. The molecule has 3 saturated heterocycles. The first-order valence-electron chi connectivity index (χ1n) is 16.2. The minimum atomic E-state index is -1.21. The average Bonchev–Trinajstić information content (AvgIpc) is 3.70. The van der Waals surface area contributed by atoms with Crippen LogP contribution in [0.4, 0.5) is 0 Å². The molecule has 1 N–H and O–H groups in total. The zero-order valence-corrected chi connectivity index (χ0v) is 27.1. The lowest BCUT2D eigenvalue weighted by Crippen LogP contribution is -2.58. The fourth-order valence-corrected chi connectivity index (χ4v) is 7.29. The molecule has 45 heavy (non-hydrogen) atoms. The van der Waals surface area contributed by atoms with Crippen molar-refractivity contribution in [1.29, 1.82) is 0 Å². The van der Waals surface area contributed by atoms with Crippen LogP contribution in [0.5, 0.6) is 0 Å². The summed E-state index contributed by atoms with van der Waals surface area (Å²) in [7, 11) is 1.69. The van der Waals surface area contributed by atoms with Gasteiger partial charge in [-0.25, -0.2) is 0 Å². The summed E-state index contributed by atoms with van der Waals surface area (Å²) in [6.07, 6.45) is 5.39. The Morgan fingerprint density at radius 1 is 1.20 bits per heavy atom. The molecule has 0 aliphatic carbocycles. The van der Waals surface area contributed by atoms with Crippen molar-refractivity contribution in [3.63, 3.8) is 0 Å². The van der Waals surface area contributed by atoms with Gasteiger partial charge < -0.3 is 29.3 Å². The molecule has 0 saturated carbocycles. The minimum absolute atomic E-state index is 0.102. The molecule has 3 aliphatic heterocycles. The van der Waals surface area contributed by atoms with Crippen LogP contribution in [-0.2, 0) is 28.7 Å². The Balaban J connectivity index is 1.67. The first kappa shape index (κ1) is 34.4. The highest BCUT2D eigenvalue weighted by Crippen LogP contribution is 2.59. The molecule has 1 aromatic carbocycles. The Kier molecular flexibility index (Phi) is 11.3. The van der Waals surface area contributed by atoms with Gasteiger partial charge in [-0.1, -0.05) is 55.8 Å². The maximum absolute atomic E-state index is 14.3. The summed E-state index contributed by atoms with van der Waals surface area (Å²) in [6.45, 7) is 13.6. The Hall–Kier alpha value is -3.50. The molecule has 8 atom stereocenters. The minimum Gasteiger partial charge on any atom is -0.455 e. The van der Waals surface area contributed by atoms with Gasteiger partial charge in [-0.3, -0.25) is 19.2 Å². The number of likely N-dealkylation sites (tertiary alicyclic amines) is 1. The lowest BCUT2D eigenvalue weighted by Gasteiger charge is -2.38. The van der Waals surface area contributed by atoms with E-state index in [1.54, 1.807) is 35.9 Å². The van der Waals surface area contributed by atoms with Crippen LogP contribution in [-0.4, -0.2) is 100 Å². The zero-order chi connectivity index (χ0) is 32.9. The van der Waals surface area contributed by atoms with Crippen molar-refractivity contribution < 1.29 is 33.8 Å². The quantitative estimate of drug-likeness (QED) is 0.221. The molecule has 3 heterocycles. The SMILES string of the molecule is C=CCCC(=O)N(C)[C@@H](C)[C@@H](OC(=O)[C@@H]1[C@H]2C(=O)N([C@H](C)CO)[C@H](C(=O)N(CC=C)CCCC)[C@]23CC[C@H]1O3)c1ccccc1. The number of hydrogen-bond donors (Lipinski definition) is 1. The molecule has 1 aromatic rings. The normalized spacial score (nSPS) is 27.0. The topological polar surface area (TPSA) is 117 Å². The number of unbranched alkanes of at least 4 members (excludes halogenated alkanes) is 1. The van der Waals surface area contributed by atoms with E-state index >= 15 is 0 Å². The number of amides is 3. The number of carbonyl (C=O) groups is 4. The summed E-state index contributed by atoms with van der Waals surface area (Å²) >= 11 is 0. The van der Waals surface area contributed by atoms with Crippen LogP contribution in [0.15, 0.2) is 55.6 Å². The molecule has 10 heteroatoms. The highest BCUT2D eigenvalue weighted by molar-refractivity contribution is 5.98. The van der Waals surface area contributed by atoms with Gasteiger partial charge in [0.2, 0.25) is 17.7 Å². The number of hydrogen-bond acceptors (Lipinski definition) is 7. The predicted octanol–water partition coefficient (Wildman–Crippen LogP) is 3.65. The molecular formula is C35H49N3O7. The van der Waals surface area contributed by atoms with Crippen LogP contribution in [0.25, 0.3) is 0 Å². The molecule has 246 valence electrons. The van der Waals surface area contributed by atoms with Crippen molar-refractivity contribution in [2.75, 3.05) is 26.7 Å². The predicted molar refractivity (Wildman–Crippen MR) is 170 cm³/mol. The van der Waals surface area contributed by atoms with E-state index in [2.05, 4.69) is 13.2 Å². The molecular weight excluding hydrogens is 574 g/mol. The zero-order valence-electron chi connectivity index (χ0n) is 27.1. The van der Waals surface area contributed by atoms with Gasteiger partial charge in [0.15, 0.2) is 0 Å². The Bertz CT molecular complexity index is 1250. The average molecular weight is 624 g/mol. The molecule has 4 rings (SSSR count). The van der Waals surface area contributed by atoms with E-state index in [1.807, 2.05) is 44.2 Å². The lowest BCUT2D eigenvalue weighted by molar-refractivity contribution is -0.165. The van der Waals surface area contributed by atoms with Gasteiger partial charge in [0.25, 0.3) is 0 Å². The van der Waals surface area contributed by atoms with Gasteiger partial charge >= 0.3 is 5.97 Å². The Labute approximate surface area is 267 Å². The number of benzene rings is 1. The standard InChI is InChI=1S/C35H49N3O7/c1-7-10-17-27(40)36(6)24(5)30(25-15-13-12-14-16-25)44-34(43)28-26-18-19-35(45-26)29(28)32(41)38(23(4)22-39)31(35)33(42)37(20-9-3)21-11-8-2/h7,9,12-16,23-24,26,28-31,39H,1,3,8,10-11,17-22H2,2,4-6H3/t23-,24+,26-,28+,29+,30-,31-,35+/m1/s1. The third-order valence-corrected chi connectivity index (χ3v) is 9.80. The van der Waals surface area contributed by atoms with E-state index in [1.165, 1.54) is 4.90 Å². The highest BCUT2D eigenvalue weighted by atomic mass is 16.6. The number of fused-ring (bicyclic) bond motifs is 1. The van der Waals surface area contributed by atoms with E-state index in [-0.39, 0.29) is 30.7 Å². The molecule has 1 spiro atoms. The summed E-state index contributed by atoms with van der Waals surface area (Å²) in [4.78, 5) is 60.4. The van der Waals surface area contributed by atoms with Crippen molar-refractivity contribution >= 4 is 23.7 Å². The van der Waals surface area contributed by atoms with Gasteiger partial charge in [-0.2, -0.15) is 0 Å². The molecule has 0 unspecified atom stereocenters. The fraction of sp³-hybridized carbons (Fsp3) is 0.600. The smallest absolute Gasteiger partial charge is 0.313 e. The van der Waals surface area contributed by atoms with Crippen LogP contribution in [0.1, 0.15) is 71.0 Å². The first-order chi connectivity index (χ1) is 21.6. The van der Waals surface area contributed by atoms with Crippen LogP contribution in [0, 0.1) is 11.8 Å². The van der Waals surface area contributed by atoms with E-state index in [0.29, 0.717) is 32.4 Å². The van der Waals surface area contributed by atoms with E-state index in [9.17, 15) is 24.3 Å². The van der Waals surface area contributed by atoms with Crippen molar-refractivity contribution in [1.82, 2.24) is 14.7 Å². The number of aliphatic hydroxyl groups excluding tert-OH is 1. The number of allylic oxidation sites excluding steroid dienone is 1. The van der Waals surface area contributed by atoms with Crippen molar-refractivity contribution in [2.45, 2.75) is 95.2 Å². The second-order valence-corrected chi connectivity index (χ2v) is 12.6. The number of aliphatic hydroxyl groups is 1. The molecule has 2 bridgehead atoms. The molecule has 3 aliphatic rings. The third-order valence-electron chi connectivity index (χ3n) is 9.80. The summed E-state index contributed by atoms with van der Waals surface area (Å²) < 4.78 is 12.8. The Morgan fingerprint density at radius 2 is 1.91 bits per heavy atom. The fourth-order valence-electron chi connectivity index (χ4n) is 7.29. The van der Waals surface area contributed by atoms with Gasteiger partial charge in [0, 0.05) is 26.6 Å². The van der Waals surface area contributed by atoms with Crippen LogP contribution >= 0.6 is 0 Å². The van der Waals surface area contributed by atoms with Crippen molar-refractivity contribution in [2.24, 2.45) is 11.8 Å². The monoisotopic (exact) mass is 623 g/mol. The number of nitrogens with zero attached hydrogens (tertiary/aromatic N) is 3. The summed E-state index contributed by atoms with van der Waals surface area (Å²) in [5.74, 6) is -3.19. The summed E-state index contributed by atoms with van der Waals surface area (Å²) in [5, 5.41) is 10.2. The third kappa shape index (κ3) is 6.45. The number of esters is 1. The lowest BCUT2D eigenvalue weighted by atomic mass is 9.70. The second-order valence-electron chi connectivity index (χ2n) is 12.6. The van der Waals surface area contributed by atoms with Crippen molar-refractivity contribution in [3.8, 4) is 0 Å². The van der Waals surface area contributed by atoms with E-state index < -0.39 is 53.7 Å². The van der Waals surface area contributed by atoms with E-state index in [4.69, 9.17) is 9.47 Å². The molecule has 10 nitrogen and oxygen atoms in total. The largest absolute Gasteiger partial charge is 0.455 e. The van der Waals surface area contributed by atoms with Crippen LogP contribution in [0.3, 0.4) is 0 Å².